The number of nitrogens with two attached hydrogens (primary N) is 1. The number of nitrogens with zero attached hydrogens (tertiary/aromatic N) is 8. The summed E-state index contributed by atoms with van der Waals surface area (Å²) in [5.74, 6) is -1.62. The second kappa shape index (κ2) is 13.3. The van der Waals surface area contributed by atoms with Gasteiger partial charge in [-0.05, 0) is 16.0 Å². The number of nitrogens with one attached hydrogen (secondary N) is 1. The van der Waals surface area contributed by atoms with Gasteiger partial charge in [0.25, 0.3) is 11.8 Å². The molecule has 0 aliphatic carbocycles. The van der Waals surface area contributed by atoms with Crippen LogP contribution in [0.2, 0.25) is 0 Å². The molecule has 0 radical (unpaired) electrons. The lowest BCUT2D eigenvalue weighted by Crippen LogP contribution is -2.71. The van der Waals surface area contributed by atoms with E-state index < -0.39 is 35.2 Å². The van der Waals surface area contributed by atoms with Crippen molar-refractivity contribution in [2.75, 3.05) is 31.0 Å². The molecule has 2 aliphatic rings. The van der Waals surface area contributed by atoms with Crippen LogP contribution >= 0.6 is 34.9 Å². The number of thiazole rings is 1. The summed E-state index contributed by atoms with van der Waals surface area (Å²) < 4.78 is 1.17. The number of tetrazole rings is 1. The molecule has 2 aromatic rings. The minimum Gasteiger partial charge on any atom is -0.477 e. The first-order valence-electron chi connectivity index (χ1n) is 11.4. The lowest BCUT2D eigenvalue weighted by atomic mass is 10.0. The van der Waals surface area contributed by atoms with Gasteiger partial charge in [0.05, 0.1) is 6.54 Å². The number of fused-ring (bicyclic) bond motifs is 1. The number of carbonyl (C=O) groups excluding carboxylic acids is 2. The van der Waals surface area contributed by atoms with Crippen LogP contribution in [-0.4, -0.2) is 112 Å². The third kappa shape index (κ3) is 6.45. The van der Waals surface area contributed by atoms with Crippen LogP contribution < -0.4 is 11.1 Å². The van der Waals surface area contributed by atoms with E-state index in [1.54, 1.807) is 0 Å². The molecule has 4 rings (SSSR count). The SMILES string of the molecule is C#CCO/N=C(/C(=O)NC1C(=O)N2C(C(=O)O)=C(CSc3nnnn3C/C(=N\OC)C(=O)O)CS[C@H]12)c1csc(N)n1. The molecule has 18 nitrogen and oxygen atoms in total. The number of carboxylic acid groups (broad SMARTS) is 2. The Labute approximate surface area is 248 Å². The number of hydrogen-bond donors (Lipinski definition) is 4. The molecule has 2 aromatic heterocycles. The van der Waals surface area contributed by atoms with Crippen LogP contribution in [0.1, 0.15) is 5.69 Å². The maximum absolute atomic E-state index is 13.1. The minimum atomic E-state index is -1.34. The quantitative estimate of drug-likeness (QED) is 0.0497. The summed E-state index contributed by atoms with van der Waals surface area (Å²) in [4.78, 5) is 64.3. The van der Waals surface area contributed by atoms with Gasteiger partial charge < -0.3 is 30.9 Å². The van der Waals surface area contributed by atoms with Crippen LogP contribution in [-0.2, 0) is 35.4 Å². The number of terminal acetylenes is 1. The Bertz CT molecular complexity index is 1540. The largest absolute Gasteiger partial charge is 0.477 e. The number of carboxylic acids is 2. The molecule has 1 unspecified atom stereocenters. The molecule has 4 heterocycles. The lowest BCUT2D eigenvalue weighted by molar-refractivity contribution is -0.150. The first-order valence-corrected chi connectivity index (χ1v) is 14.4. The van der Waals surface area contributed by atoms with Gasteiger partial charge in [0.1, 0.15) is 29.9 Å². The number of oxime groups is 2. The number of aromatic nitrogens is 5. The van der Waals surface area contributed by atoms with E-state index in [2.05, 4.69) is 46.9 Å². The van der Waals surface area contributed by atoms with Gasteiger partial charge in [-0.1, -0.05) is 28.0 Å². The molecule has 21 heteroatoms. The molecule has 42 heavy (non-hydrogen) atoms. The number of anilines is 1. The molecule has 1 fully saturated rings. The zero-order valence-electron chi connectivity index (χ0n) is 21.4. The second-order valence-electron chi connectivity index (χ2n) is 8.04. The Hall–Kier alpha value is -4.68. The number of thioether (sulfide) groups is 2. The monoisotopic (exact) mass is 636 g/mol. The average molecular weight is 637 g/mol. The maximum atomic E-state index is 13.1. The smallest absolute Gasteiger partial charge is 0.355 e. The van der Waals surface area contributed by atoms with E-state index in [4.69, 9.17) is 17.0 Å². The van der Waals surface area contributed by atoms with Gasteiger partial charge in [-0.3, -0.25) is 14.5 Å². The Kier molecular flexibility index (Phi) is 9.60. The van der Waals surface area contributed by atoms with Crippen LogP contribution in [0.3, 0.4) is 0 Å². The molecule has 1 saturated heterocycles. The van der Waals surface area contributed by atoms with Gasteiger partial charge in [0.2, 0.25) is 5.16 Å². The number of aliphatic carboxylic acids is 2. The summed E-state index contributed by atoms with van der Waals surface area (Å²) in [6.45, 7) is -0.523. The number of carbonyl (C=O) groups is 4. The number of amides is 2. The summed E-state index contributed by atoms with van der Waals surface area (Å²) in [5.41, 5.74) is 5.33. The molecule has 2 atom stereocenters. The Morgan fingerprint density at radius 1 is 1.36 bits per heavy atom. The highest BCUT2D eigenvalue weighted by molar-refractivity contribution is 8.01. The second-order valence-corrected chi connectivity index (χ2v) is 11.0. The fourth-order valence-electron chi connectivity index (χ4n) is 3.68. The Morgan fingerprint density at radius 2 is 2.14 bits per heavy atom. The van der Waals surface area contributed by atoms with Crippen molar-refractivity contribution < 1.29 is 39.1 Å². The normalized spacial score (nSPS) is 18.6. The molecule has 0 spiro atoms. The molecular weight excluding hydrogens is 616 g/mol. The van der Waals surface area contributed by atoms with Gasteiger partial charge in [-0.2, -0.15) is 0 Å². The van der Waals surface area contributed by atoms with E-state index >= 15 is 0 Å². The number of nitrogen functional groups attached to an aromatic ring is 1. The van der Waals surface area contributed by atoms with E-state index in [-0.39, 0.29) is 57.8 Å². The Balaban J connectivity index is 1.48. The van der Waals surface area contributed by atoms with Gasteiger partial charge >= 0.3 is 11.9 Å². The van der Waals surface area contributed by atoms with Crippen LogP contribution in [0.4, 0.5) is 5.13 Å². The van der Waals surface area contributed by atoms with Gasteiger partial charge in [-0.25, -0.2) is 19.3 Å². The van der Waals surface area contributed by atoms with Crippen molar-refractivity contribution >= 4 is 75.2 Å². The predicted octanol–water partition coefficient (Wildman–Crippen LogP) is -1.32. The summed E-state index contributed by atoms with van der Waals surface area (Å²) in [5, 5.41) is 41.2. The predicted molar refractivity (Wildman–Crippen MR) is 148 cm³/mol. The van der Waals surface area contributed by atoms with Crippen LogP contribution in [0, 0.1) is 12.3 Å². The van der Waals surface area contributed by atoms with Crippen molar-refractivity contribution in [1.29, 1.82) is 0 Å². The average Bonchev–Trinajstić information content (AvgIpc) is 3.60. The van der Waals surface area contributed by atoms with Gasteiger partial charge in [0.15, 0.2) is 23.2 Å². The van der Waals surface area contributed by atoms with Crippen molar-refractivity contribution in [1.82, 2.24) is 35.4 Å². The van der Waals surface area contributed by atoms with E-state index in [9.17, 15) is 29.4 Å². The van der Waals surface area contributed by atoms with Crippen molar-refractivity contribution in [3.8, 4) is 12.3 Å². The highest BCUT2D eigenvalue weighted by Crippen LogP contribution is 2.41. The van der Waals surface area contributed by atoms with Crippen LogP contribution in [0.15, 0.2) is 32.1 Å². The molecule has 220 valence electrons. The standard InChI is InChI=1S/C21H20N10O8S3/c1-3-4-39-27-12(11-8-41-20(22)23-11)15(32)24-13-16(33)31-14(19(36)37)9(6-40-17(13)31)7-42-21-25-28-29-30(21)5-10(18(34)35)26-38-2/h1,8,13,17H,4-7H2,2H3,(H2,22,23)(H,24,32)(H,34,35)(H,36,37)/b26-10+,27-12+/t13?,17-/m1/s1. The summed E-state index contributed by atoms with van der Waals surface area (Å²) >= 11 is 3.35. The van der Waals surface area contributed by atoms with E-state index in [1.165, 1.54) is 28.9 Å². The van der Waals surface area contributed by atoms with Gasteiger partial charge in [0, 0.05) is 16.9 Å². The van der Waals surface area contributed by atoms with Crippen molar-refractivity contribution in [2.24, 2.45) is 10.3 Å². The number of hydrogen-bond acceptors (Lipinski definition) is 16. The third-order valence-electron chi connectivity index (χ3n) is 5.44. The van der Waals surface area contributed by atoms with E-state index in [1.807, 2.05) is 0 Å². The molecule has 0 saturated carbocycles. The topological polar surface area (TPSA) is 250 Å². The molecule has 2 aliphatic heterocycles. The molecule has 0 bridgehead atoms. The summed E-state index contributed by atoms with van der Waals surface area (Å²) in [6, 6.07) is -1.05. The first-order chi connectivity index (χ1) is 20.2. The van der Waals surface area contributed by atoms with Crippen LogP contribution in [0.25, 0.3) is 0 Å². The number of rotatable bonds is 13. The Morgan fingerprint density at radius 3 is 2.79 bits per heavy atom. The zero-order valence-corrected chi connectivity index (χ0v) is 23.8. The fraction of sp³-hybridized carbons (Fsp3) is 0.333. The first kappa shape index (κ1) is 30.3. The minimum absolute atomic E-state index is 0.0704. The summed E-state index contributed by atoms with van der Waals surface area (Å²) in [7, 11) is 1.19. The summed E-state index contributed by atoms with van der Waals surface area (Å²) in [6.07, 6.45) is 5.16. The van der Waals surface area contributed by atoms with Gasteiger partial charge in [-0.15, -0.1) is 34.6 Å². The maximum Gasteiger partial charge on any atom is 0.355 e. The van der Waals surface area contributed by atoms with Crippen LogP contribution in [0.5, 0.6) is 0 Å². The van der Waals surface area contributed by atoms with E-state index in [0.29, 0.717) is 5.57 Å². The van der Waals surface area contributed by atoms with Crippen molar-refractivity contribution in [3.63, 3.8) is 0 Å². The molecular formula is C21H20N10O8S3. The molecule has 0 aromatic carbocycles. The lowest BCUT2D eigenvalue weighted by Gasteiger charge is -2.49. The highest BCUT2D eigenvalue weighted by Gasteiger charge is 2.54. The number of β-lactam (4-membered cyclic amide) rings is 1. The van der Waals surface area contributed by atoms with Crippen molar-refractivity contribution in [3.05, 3.63) is 22.3 Å². The fourth-order valence-corrected chi connectivity index (χ4v) is 6.59. The van der Waals surface area contributed by atoms with E-state index in [0.717, 1.165) is 28.0 Å². The molecule has 5 N–H and O–H groups in total. The molecule has 2 amide bonds. The highest BCUT2D eigenvalue weighted by atomic mass is 32.2. The zero-order chi connectivity index (χ0) is 30.4. The van der Waals surface area contributed by atoms with Crippen molar-refractivity contribution in [2.45, 2.75) is 23.1 Å². The third-order valence-corrected chi connectivity index (χ3v) is 8.50.